The van der Waals surface area contributed by atoms with Crippen LogP contribution in [0.2, 0.25) is 0 Å². The first-order valence-electron chi connectivity index (χ1n) is 3.08. The van der Waals surface area contributed by atoms with Gasteiger partial charge in [0, 0.05) is 0 Å². The average Bonchev–Trinajstić information content (AvgIpc) is 2.07. The van der Waals surface area contributed by atoms with Gasteiger partial charge in [0.25, 0.3) is 5.91 Å². The molecule has 0 radical (unpaired) electrons. The summed E-state index contributed by atoms with van der Waals surface area (Å²) in [5, 5.41) is 0. The highest BCUT2D eigenvalue weighted by molar-refractivity contribution is 5.93. The van der Waals surface area contributed by atoms with Crippen LogP contribution in [-0.4, -0.2) is 5.91 Å². The molecule has 0 aromatic heterocycles. The summed E-state index contributed by atoms with van der Waals surface area (Å²) < 4.78 is 49.7. The molecule has 0 atom stereocenters. The molecule has 1 rings (SSSR count). The Labute approximate surface area is 70.0 Å². The Bertz CT molecular complexity index is 377. The van der Waals surface area contributed by atoms with Crippen LogP contribution in [0.4, 0.5) is 17.6 Å². The highest BCUT2D eigenvalue weighted by Gasteiger charge is 2.21. The Morgan fingerprint density at radius 2 is 1.62 bits per heavy atom. The third-order valence-corrected chi connectivity index (χ3v) is 1.37. The molecule has 1 aromatic rings. The molecular weight excluding hydrogens is 190 g/mol. The molecule has 0 aliphatic heterocycles. The molecule has 1 amide bonds. The zero-order valence-electron chi connectivity index (χ0n) is 6.07. The second kappa shape index (κ2) is 3.04. The molecule has 2 N–H and O–H groups in total. The van der Waals surface area contributed by atoms with Gasteiger partial charge in [-0.3, -0.25) is 4.79 Å². The minimum absolute atomic E-state index is 0.204. The van der Waals surface area contributed by atoms with Crippen molar-refractivity contribution < 1.29 is 22.4 Å². The van der Waals surface area contributed by atoms with E-state index in [1.165, 1.54) is 0 Å². The molecule has 0 saturated carbocycles. The molecule has 0 saturated heterocycles. The smallest absolute Gasteiger partial charge is 0.251 e. The summed E-state index contributed by atoms with van der Waals surface area (Å²) >= 11 is 0. The number of hydrogen-bond acceptors (Lipinski definition) is 1. The summed E-state index contributed by atoms with van der Waals surface area (Å²) in [6.45, 7) is 0. The Morgan fingerprint density at radius 3 is 2.08 bits per heavy atom. The van der Waals surface area contributed by atoms with E-state index in [1.807, 2.05) is 0 Å². The Kier molecular flexibility index (Phi) is 2.22. The van der Waals surface area contributed by atoms with Crippen molar-refractivity contribution in [3.05, 3.63) is 34.9 Å². The number of halogens is 4. The van der Waals surface area contributed by atoms with Crippen LogP contribution >= 0.6 is 0 Å². The van der Waals surface area contributed by atoms with Gasteiger partial charge in [0.1, 0.15) is 0 Å². The molecule has 0 spiro atoms. The maximum absolute atomic E-state index is 12.6. The van der Waals surface area contributed by atoms with Gasteiger partial charge >= 0.3 is 0 Å². The number of rotatable bonds is 1. The topological polar surface area (TPSA) is 43.1 Å². The quantitative estimate of drug-likeness (QED) is 0.408. The van der Waals surface area contributed by atoms with Gasteiger partial charge < -0.3 is 5.73 Å². The summed E-state index contributed by atoms with van der Waals surface area (Å²) in [7, 11) is 0. The zero-order valence-corrected chi connectivity index (χ0v) is 6.07. The lowest BCUT2D eigenvalue weighted by atomic mass is 10.2. The highest BCUT2D eigenvalue weighted by Crippen LogP contribution is 2.17. The first-order valence-corrected chi connectivity index (χ1v) is 3.08. The van der Waals surface area contributed by atoms with Gasteiger partial charge in [-0.25, -0.2) is 17.6 Å². The molecule has 0 aliphatic rings. The summed E-state index contributed by atoms with van der Waals surface area (Å²) in [5.41, 5.74) is 3.55. The molecule has 0 fully saturated rings. The number of nitrogens with two attached hydrogens (primary N) is 1. The van der Waals surface area contributed by atoms with Crippen LogP contribution in [0.3, 0.4) is 0 Å². The third-order valence-electron chi connectivity index (χ3n) is 1.37. The number of hydrogen-bond donors (Lipinski definition) is 1. The van der Waals surface area contributed by atoms with Gasteiger partial charge in [0.15, 0.2) is 23.3 Å². The first-order chi connectivity index (χ1) is 5.95. The van der Waals surface area contributed by atoms with E-state index in [9.17, 15) is 22.4 Å². The summed E-state index contributed by atoms with van der Waals surface area (Å²) in [4.78, 5) is 10.4. The lowest BCUT2D eigenvalue weighted by Gasteiger charge is -2.01. The number of benzene rings is 1. The minimum atomic E-state index is -2.05. The number of carbonyl (C=O) groups is 1. The second-order valence-electron chi connectivity index (χ2n) is 2.21. The van der Waals surface area contributed by atoms with Gasteiger partial charge in [0.05, 0.1) is 5.56 Å². The van der Waals surface area contributed by atoms with Crippen LogP contribution in [0, 0.1) is 23.3 Å². The Morgan fingerprint density at radius 1 is 1.08 bits per heavy atom. The van der Waals surface area contributed by atoms with Gasteiger partial charge in [0.2, 0.25) is 0 Å². The summed E-state index contributed by atoms with van der Waals surface area (Å²) in [5.74, 6) is -8.83. The molecule has 13 heavy (non-hydrogen) atoms. The number of primary amides is 1. The fourth-order valence-electron chi connectivity index (χ4n) is 0.752. The SMILES string of the molecule is NC(=O)c1cc(F)c(F)c(F)c1F. The second-order valence-corrected chi connectivity index (χ2v) is 2.21. The maximum atomic E-state index is 12.6. The first kappa shape index (κ1) is 9.50. The van der Waals surface area contributed by atoms with E-state index in [-0.39, 0.29) is 6.07 Å². The lowest BCUT2D eigenvalue weighted by molar-refractivity contribution is 0.0994. The highest BCUT2D eigenvalue weighted by atomic mass is 19.2. The van der Waals surface area contributed by atoms with E-state index in [1.54, 1.807) is 0 Å². The van der Waals surface area contributed by atoms with Crippen LogP contribution in [0.25, 0.3) is 0 Å². The predicted molar refractivity (Wildman–Crippen MR) is 34.8 cm³/mol. The molecule has 70 valence electrons. The molecule has 6 heteroatoms. The van der Waals surface area contributed by atoms with Crippen molar-refractivity contribution in [3.8, 4) is 0 Å². The van der Waals surface area contributed by atoms with Crippen molar-refractivity contribution in [1.29, 1.82) is 0 Å². The molecule has 0 heterocycles. The van der Waals surface area contributed by atoms with Crippen LogP contribution in [-0.2, 0) is 0 Å². The zero-order chi connectivity index (χ0) is 10.2. The summed E-state index contributed by atoms with van der Waals surface area (Å²) in [6.07, 6.45) is 0. The van der Waals surface area contributed by atoms with Crippen molar-refractivity contribution in [1.82, 2.24) is 0 Å². The maximum Gasteiger partial charge on any atom is 0.251 e. The van der Waals surface area contributed by atoms with Crippen LogP contribution in [0.5, 0.6) is 0 Å². The van der Waals surface area contributed by atoms with Crippen LogP contribution < -0.4 is 5.73 Å². The van der Waals surface area contributed by atoms with E-state index in [0.717, 1.165) is 0 Å². The Hall–Kier alpha value is -1.59. The molecule has 0 aliphatic carbocycles. The monoisotopic (exact) mass is 193 g/mol. The molecule has 1 aromatic carbocycles. The third kappa shape index (κ3) is 1.47. The van der Waals surface area contributed by atoms with E-state index in [4.69, 9.17) is 0 Å². The van der Waals surface area contributed by atoms with E-state index in [2.05, 4.69) is 5.73 Å². The van der Waals surface area contributed by atoms with Crippen molar-refractivity contribution >= 4 is 5.91 Å². The minimum Gasteiger partial charge on any atom is -0.366 e. The van der Waals surface area contributed by atoms with Crippen molar-refractivity contribution in [2.75, 3.05) is 0 Å². The Balaban J connectivity index is 3.50. The average molecular weight is 193 g/mol. The standard InChI is InChI=1S/C7H3F4NO/c8-3-1-2(7(12)13)4(9)6(11)5(3)10/h1H,(H2,12,13). The fraction of sp³-hybridized carbons (Fsp3) is 0. The predicted octanol–water partition coefficient (Wildman–Crippen LogP) is 1.34. The molecule has 0 unspecified atom stereocenters. The van der Waals surface area contributed by atoms with Gasteiger partial charge in [-0.1, -0.05) is 0 Å². The van der Waals surface area contributed by atoms with Crippen molar-refractivity contribution in [3.63, 3.8) is 0 Å². The molecule has 0 bridgehead atoms. The van der Waals surface area contributed by atoms with Crippen molar-refractivity contribution in [2.45, 2.75) is 0 Å². The fourth-order valence-corrected chi connectivity index (χ4v) is 0.752. The van der Waals surface area contributed by atoms with E-state index < -0.39 is 34.7 Å². The van der Waals surface area contributed by atoms with Crippen molar-refractivity contribution in [2.24, 2.45) is 5.73 Å². The molecule has 2 nitrogen and oxygen atoms in total. The lowest BCUT2D eigenvalue weighted by Crippen LogP contribution is -2.15. The van der Waals surface area contributed by atoms with E-state index >= 15 is 0 Å². The van der Waals surface area contributed by atoms with Gasteiger partial charge in [-0.15, -0.1) is 0 Å². The molecular formula is C7H3F4NO. The largest absolute Gasteiger partial charge is 0.366 e. The number of carbonyl (C=O) groups excluding carboxylic acids is 1. The van der Waals surface area contributed by atoms with Gasteiger partial charge in [-0.05, 0) is 6.07 Å². The van der Waals surface area contributed by atoms with Crippen LogP contribution in [0.1, 0.15) is 10.4 Å². The van der Waals surface area contributed by atoms with E-state index in [0.29, 0.717) is 0 Å². The number of amides is 1. The van der Waals surface area contributed by atoms with Gasteiger partial charge in [-0.2, -0.15) is 0 Å². The summed E-state index contributed by atoms with van der Waals surface area (Å²) in [6, 6.07) is 0.204. The van der Waals surface area contributed by atoms with Crippen LogP contribution in [0.15, 0.2) is 6.07 Å². The normalized spacial score (nSPS) is 10.2.